The van der Waals surface area contributed by atoms with E-state index in [4.69, 9.17) is 107 Å². The summed E-state index contributed by atoms with van der Waals surface area (Å²) in [5, 5.41) is 111. The van der Waals surface area contributed by atoms with Gasteiger partial charge in [0.2, 0.25) is 49.5 Å². The van der Waals surface area contributed by atoms with E-state index >= 15 is 0 Å². The number of nitrogen functional groups attached to an aromatic ring is 1. The third kappa shape index (κ3) is 28.6. The van der Waals surface area contributed by atoms with Crippen molar-refractivity contribution in [3.05, 3.63) is 177 Å². The van der Waals surface area contributed by atoms with Crippen LogP contribution in [0.2, 0.25) is 31.7 Å². The molecule has 3 aromatic heterocycles. The van der Waals surface area contributed by atoms with Gasteiger partial charge in [-0.05, 0) is 200 Å². The molecule has 0 saturated carbocycles. The van der Waals surface area contributed by atoms with Crippen LogP contribution in [0.25, 0.3) is 43.1 Å². The van der Waals surface area contributed by atoms with Crippen molar-refractivity contribution in [3.8, 4) is 17.2 Å². The van der Waals surface area contributed by atoms with Crippen molar-refractivity contribution in [3.63, 3.8) is 0 Å². The van der Waals surface area contributed by atoms with Crippen LogP contribution in [0.1, 0.15) is 0 Å². The Kier molecular flexibility index (Phi) is 36.2. The second-order valence-electron chi connectivity index (χ2n) is 26.4. The van der Waals surface area contributed by atoms with Gasteiger partial charge in [0, 0.05) is 38.5 Å². The van der Waals surface area contributed by atoms with E-state index < -0.39 is 164 Å². The largest absolute Gasteiger partial charge is 0.505 e. The number of nitrogens with zero attached hydrogens (tertiary/aromatic N) is 17. The second kappa shape index (κ2) is 47.0. The number of fused-ring (bicyclic) bond motifs is 4. The molecular formula is C68H45Cl6N23O36S11. The fraction of sp³-hybridized carbons (Fsp3) is 0. The maximum Gasteiger partial charge on any atom is 0.357 e. The van der Waals surface area contributed by atoms with Crippen LogP contribution in [0, 0.1) is 0 Å². The molecule has 0 spiro atoms. The van der Waals surface area contributed by atoms with Crippen molar-refractivity contribution in [2.45, 2.75) is 49.0 Å². The summed E-state index contributed by atoms with van der Waals surface area (Å²) in [6.45, 7) is 0. The van der Waals surface area contributed by atoms with Crippen molar-refractivity contribution in [2.75, 3.05) is 27.0 Å². The molecule has 1 atom stereocenters. The lowest BCUT2D eigenvalue weighted by Gasteiger charge is -2.15. The number of hydrogen-bond acceptors (Lipinski definition) is 54. The maximum atomic E-state index is 12.6. The topological polar surface area (TPSA) is 900 Å². The molecule has 0 radical (unpaired) electrons. The third-order valence-corrected chi connectivity index (χ3v) is 26.5. The van der Waals surface area contributed by atoms with Gasteiger partial charge in [-0.2, -0.15) is 99.6 Å². The standard InChI is InChI=1S/C25H17Cl2N9O16S5.C23H14Cl2N6O10S3.C20H14Cl2N8O10S3/c26-23-30-24(27)32-25(31-23)29-10-1-3-14(53-51-49-38)12(7-10)33-36-21-17(57(45,46)47)6-9-5-15(54-52-50-39)20(19(28)18(9)22(21)37)35-34-13-8-11(48-55(40)41)2-4-16(13)56(42,43)44;24-21-27-22(25)29-23(28-21)26-15-9-12(43(34,35)36)7-11-8-16(42-41-40-33)18(19(32)17(11)15)31-30-14-6-5-10-3-1-2-4-13(10)20(14)44(37,38)39;21-17-26-18(22)28-20(27-17)24-9-1-2-12(13(5-9)25-19(23)31)29-30-14-7-11-8(4-16(14)43(36,37)38)3-10(41-40-39-32)6-15(11)42(33,34)35/h1-8,37-39H,28H2,(H,40,41)(H,42,43,44)(H,45,46,47)(H,29,30,31,32);1-9,32-33H,(H,34,35,36)(H,37,38,39)(H,26,27,28,29);1-7,32H,(H3,23,25,31)(H,33,34,35)(H,36,37,38)(H,24,26,27,28). The number of nitrogens with one attached hydrogen (secondary N) is 4. The van der Waals surface area contributed by atoms with Gasteiger partial charge in [0.05, 0.1) is 90.2 Å². The maximum absolute atomic E-state index is 12.6. The number of anilines is 8. The van der Waals surface area contributed by atoms with E-state index in [1.807, 2.05) is 0 Å². The highest BCUT2D eigenvalue weighted by Gasteiger charge is 2.31. The molecule has 0 saturated heterocycles. The molecule has 2 amide bonds. The lowest BCUT2D eigenvalue weighted by Crippen LogP contribution is -2.19. The van der Waals surface area contributed by atoms with E-state index in [-0.39, 0.29) is 153 Å². The summed E-state index contributed by atoms with van der Waals surface area (Å²) in [4.78, 5) is 40.6. The van der Waals surface area contributed by atoms with Gasteiger partial charge in [-0.1, -0.05) is 50.5 Å². The number of nitrogens with two attached hydrogens (primary N) is 2. The Morgan fingerprint density at radius 3 is 1.40 bits per heavy atom. The quantitative estimate of drug-likeness (QED) is 0.00334. The minimum Gasteiger partial charge on any atom is -0.505 e. The molecule has 11 aromatic carbocycles. The molecule has 0 aliphatic heterocycles. The number of benzene rings is 11. The number of azo groups is 4. The highest BCUT2D eigenvalue weighted by atomic mass is 35.5. The number of carbonyl (C=O) groups is 1. The number of phenolic OH excluding ortho intramolecular Hbond substituents is 2. The Bertz CT molecular complexity index is 8340. The molecule has 756 valence electrons. The number of aromatic hydroxyl groups is 2. The van der Waals surface area contributed by atoms with Crippen LogP contribution in [0.3, 0.4) is 0 Å². The van der Waals surface area contributed by atoms with E-state index in [9.17, 15) is 97.0 Å². The predicted octanol–water partition coefficient (Wildman–Crippen LogP) is 18.2. The van der Waals surface area contributed by atoms with Crippen LogP contribution in [0.5, 0.6) is 17.2 Å². The molecule has 0 aliphatic carbocycles. The predicted molar refractivity (Wildman–Crippen MR) is 505 cm³/mol. The summed E-state index contributed by atoms with van der Waals surface area (Å²) in [5.41, 5.74) is 7.68. The smallest absolute Gasteiger partial charge is 0.357 e. The van der Waals surface area contributed by atoms with Crippen LogP contribution in [-0.2, 0) is 110 Å². The number of halogens is 6. The fourth-order valence-electron chi connectivity index (χ4n) is 12.0. The van der Waals surface area contributed by atoms with Gasteiger partial charge in [0.15, 0.2) is 11.5 Å². The molecule has 14 aromatic rings. The lowest BCUT2D eigenvalue weighted by atomic mass is 10.1. The summed E-state index contributed by atoms with van der Waals surface area (Å²) in [7, 11) is -29.8. The zero-order chi connectivity index (χ0) is 105. The third-order valence-electron chi connectivity index (χ3n) is 17.4. The fourth-order valence-corrected chi connectivity index (χ4v) is 19.4. The number of amides is 2. The number of aromatic nitrogens is 9. The van der Waals surface area contributed by atoms with Gasteiger partial charge in [0.25, 0.3) is 60.7 Å². The second-order valence-corrected chi connectivity index (χ2v) is 40.4. The first kappa shape index (κ1) is 111. The first-order valence-electron chi connectivity index (χ1n) is 36.3. The van der Waals surface area contributed by atoms with Crippen molar-refractivity contribution >= 4 is 331 Å². The molecule has 0 fully saturated rings. The first-order valence-corrected chi connectivity index (χ1v) is 51.2. The average Bonchev–Trinajstić information content (AvgIpc) is 0.668. The van der Waals surface area contributed by atoms with Crippen LogP contribution >= 0.6 is 118 Å². The molecule has 1 unspecified atom stereocenters. The monoisotopic (exact) mass is 2320 g/mol. The molecule has 0 aliphatic rings. The normalized spacial score (nSPS) is 12.5. The summed E-state index contributed by atoms with van der Waals surface area (Å²) < 4.78 is 249. The first-order chi connectivity index (χ1) is 67.8. The number of carbonyl (C=O) groups excluding carboxylic acids is 1. The van der Waals surface area contributed by atoms with Crippen LogP contribution < -0.4 is 36.9 Å². The number of phenols is 2. The van der Waals surface area contributed by atoms with Crippen molar-refractivity contribution in [1.82, 2.24) is 44.9 Å². The van der Waals surface area contributed by atoms with Crippen molar-refractivity contribution in [1.29, 1.82) is 0 Å². The number of rotatable bonds is 35. The molecule has 144 heavy (non-hydrogen) atoms. The molecule has 3 heterocycles. The summed E-state index contributed by atoms with van der Waals surface area (Å²) in [6, 6.07) is 27.6. The van der Waals surface area contributed by atoms with Crippen LogP contribution in [-0.4, -0.2) is 169 Å². The highest BCUT2D eigenvalue weighted by molar-refractivity contribution is 7.95. The van der Waals surface area contributed by atoms with Gasteiger partial charge in [0.1, 0.15) is 75.7 Å². The number of hydrogen-bond donors (Lipinski definition) is 19. The Hall–Kier alpha value is -12.0. The Morgan fingerprint density at radius 2 is 0.847 bits per heavy atom. The van der Waals surface area contributed by atoms with E-state index in [0.29, 0.717) is 41.5 Å². The zero-order valence-corrected chi connectivity index (χ0v) is 82.1. The van der Waals surface area contributed by atoms with Gasteiger partial charge in [-0.3, -0.25) is 31.9 Å². The lowest BCUT2D eigenvalue weighted by molar-refractivity contribution is -0.432. The minimum atomic E-state index is -5.24. The summed E-state index contributed by atoms with van der Waals surface area (Å²) in [6.07, 6.45) is 0. The minimum absolute atomic E-state index is 0.0429. The van der Waals surface area contributed by atoms with E-state index in [0.717, 1.165) is 60.7 Å². The highest BCUT2D eigenvalue weighted by Crippen LogP contribution is 2.53. The number of urea groups is 1. The molecular weight excluding hydrogens is 2280 g/mol. The van der Waals surface area contributed by atoms with E-state index in [1.165, 1.54) is 66.7 Å². The summed E-state index contributed by atoms with van der Waals surface area (Å²) in [5.74, 6) is -2.59. The number of primary amides is 1. The van der Waals surface area contributed by atoms with Gasteiger partial charge in [-0.25, -0.2) is 25.8 Å². The van der Waals surface area contributed by atoms with E-state index in [2.05, 4.69) is 149 Å². The average molecular weight is 2330 g/mol. The van der Waals surface area contributed by atoms with Crippen LogP contribution in [0.15, 0.2) is 235 Å². The van der Waals surface area contributed by atoms with Crippen molar-refractivity contribution < 1.29 is 164 Å². The van der Waals surface area contributed by atoms with Crippen LogP contribution in [0.4, 0.5) is 96.6 Å². The zero-order valence-electron chi connectivity index (χ0n) is 68.6. The SMILES string of the molecule is NC(=O)Nc1cc(Nc2nc(Cl)nc(Cl)n2)ccc1N=Nc1cc2c(S(=O)(=O)O)cc(SOOO)cc2cc1S(=O)(=O)O.Nc1c(N=Nc2cc(OS(=O)O)ccc2S(=O)(=O)O)c(SOOO)cc2cc(S(=O)(=O)O)c(N=Nc3cc(Nc4nc(Cl)nc(Cl)n4)ccc3SOOO)c(O)c12.O=S(=O)(O)c1cc(Nc2nc(Cl)nc(Cl)n2)c2c(O)c(N=Nc3ccc4ccccc4c3S(=O)(=O)O)c(SOOO)cc2c1. The Balaban J connectivity index is 0.000000195. The summed E-state index contributed by atoms with van der Waals surface area (Å²) >= 11 is 33.2. The molecule has 0 bridgehead atoms. The van der Waals surface area contributed by atoms with Crippen molar-refractivity contribution in [2.24, 2.45) is 46.6 Å². The Labute approximate surface area is 850 Å². The molecule has 14 rings (SSSR count). The molecule has 76 heteroatoms. The van der Waals surface area contributed by atoms with E-state index in [1.54, 1.807) is 18.2 Å². The van der Waals surface area contributed by atoms with Gasteiger partial charge < -0.3 is 47.1 Å². The van der Waals surface area contributed by atoms with Gasteiger partial charge in [-0.15, -0.1) is 58.2 Å². The molecule has 59 nitrogen and oxygen atoms in total. The molecule has 21 N–H and O–H groups in total. The van der Waals surface area contributed by atoms with Gasteiger partial charge >= 0.3 is 17.4 Å². The Morgan fingerprint density at radius 1 is 0.382 bits per heavy atom.